The summed E-state index contributed by atoms with van der Waals surface area (Å²) in [4.78, 5) is 14.0. The van der Waals surface area contributed by atoms with Crippen molar-refractivity contribution in [3.63, 3.8) is 0 Å². The molecule has 2 unspecified atom stereocenters. The van der Waals surface area contributed by atoms with Crippen molar-refractivity contribution in [2.45, 2.75) is 64.0 Å². The average Bonchev–Trinajstić information content (AvgIpc) is 2.54. The number of hydrogen-bond acceptors (Lipinski definition) is 3. The first-order chi connectivity index (χ1) is 8.49. The first-order valence-electron chi connectivity index (χ1n) is 7.22. The summed E-state index contributed by atoms with van der Waals surface area (Å²) >= 11 is 0. The van der Waals surface area contributed by atoms with Gasteiger partial charge < -0.3 is 16.0 Å². The van der Waals surface area contributed by atoms with E-state index in [9.17, 15) is 4.79 Å². The maximum absolute atomic E-state index is 11.4. The van der Waals surface area contributed by atoms with Crippen molar-refractivity contribution in [3.05, 3.63) is 0 Å². The Kier molecular flexibility index (Phi) is 6.09. The van der Waals surface area contributed by atoms with Crippen molar-refractivity contribution in [1.29, 1.82) is 0 Å². The first-order valence-corrected chi connectivity index (χ1v) is 7.22. The lowest BCUT2D eigenvalue weighted by Gasteiger charge is -2.30. The van der Waals surface area contributed by atoms with Gasteiger partial charge in [0.25, 0.3) is 0 Å². The van der Waals surface area contributed by atoms with Crippen molar-refractivity contribution < 1.29 is 4.79 Å². The van der Waals surface area contributed by atoms with Crippen molar-refractivity contribution in [1.82, 2.24) is 10.2 Å². The highest BCUT2D eigenvalue weighted by Gasteiger charge is 2.28. The standard InChI is InChI=1S/C14H29N3O/c1-12-8-5-4-6-10-17(12)11-7-9-14(2,16-3)13(15)18/h12,16H,4-11H2,1-3H3,(H2,15,18). The van der Waals surface area contributed by atoms with E-state index in [1.165, 1.54) is 32.2 Å². The zero-order valence-corrected chi connectivity index (χ0v) is 12.2. The van der Waals surface area contributed by atoms with Crippen LogP contribution in [0.15, 0.2) is 0 Å². The predicted molar refractivity (Wildman–Crippen MR) is 75.4 cm³/mol. The molecule has 0 spiro atoms. The maximum Gasteiger partial charge on any atom is 0.237 e. The number of rotatable bonds is 6. The molecule has 0 aromatic heterocycles. The number of likely N-dealkylation sites (tertiary alicyclic amines) is 1. The lowest BCUT2D eigenvalue weighted by Crippen LogP contribution is -2.51. The Labute approximate surface area is 111 Å². The molecule has 4 nitrogen and oxygen atoms in total. The molecule has 3 N–H and O–H groups in total. The second-order valence-electron chi connectivity index (χ2n) is 5.78. The molecule has 1 aliphatic rings. The highest BCUT2D eigenvalue weighted by molar-refractivity contribution is 5.84. The van der Waals surface area contributed by atoms with Crippen LogP contribution in [0.3, 0.4) is 0 Å². The van der Waals surface area contributed by atoms with E-state index in [1.807, 2.05) is 6.92 Å². The number of nitrogens with two attached hydrogens (primary N) is 1. The van der Waals surface area contributed by atoms with Crippen LogP contribution in [0.2, 0.25) is 0 Å². The van der Waals surface area contributed by atoms with Crippen molar-refractivity contribution in [2.24, 2.45) is 5.73 Å². The fraction of sp³-hybridized carbons (Fsp3) is 0.929. The number of hydrogen-bond donors (Lipinski definition) is 2. The van der Waals surface area contributed by atoms with Crippen molar-refractivity contribution in [3.8, 4) is 0 Å². The van der Waals surface area contributed by atoms with Gasteiger partial charge >= 0.3 is 0 Å². The lowest BCUT2D eigenvalue weighted by atomic mass is 9.95. The number of nitrogens with zero attached hydrogens (tertiary/aromatic N) is 1. The molecular weight excluding hydrogens is 226 g/mol. The molecule has 18 heavy (non-hydrogen) atoms. The monoisotopic (exact) mass is 255 g/mol. The van der Waals surface area contributed by atoms with E-state index >= 15 is 0 Å². The van der Waals surface area contributed by atoms with Gasteiger partial charge in [-0.2, -0.15) is 0 Å². The van der Waals surface area contributed by atoms with Crippen molar-refractivity contribution >= 4 is 5.91 Å². The van der Waals surface area contributed by atoms with Crippen LogP contribution in [0, 0.1) is 0 Å². The normalized spacial score (nSPS) is 25.4. The van der Waals surface area contributed by atoms with Crippen LogP contribution in [0.25, 0.3) is 0 Å². The Bertz CT molecular complexity index is 270. The summed E-state index contributed by atoms with van der Waals surface area (Å²) in [5.41, 5.74) is 4.88. The summed E-state index contributed by atoms with van der Waals surface area (Å²) in [5, 5.41) is 3.05. The molecule has 106 valence electrons. The molecule has 1 fully saturated rings. The SMILES string of the molecule is CNC(C)(CCCN1CCCCCC1C)C(N)=O. The van der Waals surface area contributed by atoms with Crippen LogP contribution in [0.5, 0.6) is 0 Å². The minimum Gasteiger partial charge on any atom is -0.368 e. The van der Waals surface area contributed by atoms with Crippen molar-refractivity contribution in [2.75, 3.05) is 20.1 Å². The van der Waals surface area contributed by atoms with Gasteiger partial charge in [0.05, 0.1) is 5.54 Å². The molecule has 4 heteroatoms. The van der Waals surface area contributed by atoms with Gasteiger partial charge in [0.2, 0.25) is 5.91 Å². The first kappa shape index (κ1) is 15.4. The third kappa shape index (κ3) is 4.25. The van der Waals surface area contributed by atoms with Gasteiger partial charge in [-0.05, 0) is 59.7 Å². The summed E-state index contributed by atoms with van der Waals surface area (Å²) in [5.74, 6) is -0.256. The van der Waals surface area contributed by atoms with Gasteiger partial charge in [-0.1, -0.05) is 12.8 Å². The predicted octanol–water partition coefficient (Wildman–Crippen LogP) is 1.49. The maximum atomic E-state index is 11.4. The molecule has 1 rings (SSSR count). The molecule has 1 aliphatic heterocycles. The molecule has 0 bridgehead atoms. The lowest BCUT2D eigenvalue weighted by molar-refractivity contribution is -0.123. The van der Waals surface area contributed by atoms with Crippen LogP contribution < -0.4 is 11.1 Å². The number of carbonyl (C=O) groups excluding carboxylic acids is 1. The molecule has 0 aromatic carbocycles. The zero-order chi connectivity index (χ0) is 13.6. The minimum absolute atomic E-state index is 0.256. The second kappa shape index (κ2) is 7.10. The van der Waals surface area contributed by atoms with E-state index < -0.39 is 5.54 Å². The molecule has 0 radical (unpaired) electrons. The van der Waals surface area contributed by atoms with E-state index in [0.717, 1.165) is 19.4 Å². The highest BCUT2D eigenvalue weighted by Crippen LogP contribution is 2.18. The van der Waals surface area contributed by atoms with Gasteiger partial charge in [0.1, 0.15) is 0 Å². The zero-order valence-electron chi connectivity index (χ0n) is 12.2. The van der Waals surface area contributed by atoms with Gasteiger partial charge in [-0.3, -0.25) is 4.79 Å². The number of likely N-dealkylation sites (N-methyl/N-ethyl adjacent to an activating group) is 1. The molecule has 0 aromatic rings. The van der Waals surface area contributed by atoms with E-state index in [-0.39, 0.29) is 5.91 Å². The van der Waals surface area contributed by atoms with Crippen LogP contribution in [-0.2, 0) is 4.79 Å². The summed E-state index contributed by atoms with van der Waals surface area (Å²) in [6.07, 6.45) is 7.15. The molecule has 2 atom stereocenters. The minimum atomic E-state index is -0.560. The van der Waals surface area contributed by atoms with E-state index in [0.29, 0.717) is 6.04 Å². The van der Waals surface area contributed by atoms with Crippen LogP contribution in [0.1, 0.15) is 52.4 Å². The topological polar surface area (TPSA) is 58.4 Å². The van der Waals surface area contributed by atoms with E-state index in [1.54, 1.807) is 7.05 Å². The number of primary amides is 1. The van der Waals surface area contributed by atoms with Gasteiger partial charge in [0, 0.05) is 6.04 Å². The van der Waals surface area contributed by atoms with Crippen LogP contribution >= 0.6 is 0 Å². The highest BCUT2D eigenvalue weighted by atomic mass is 16.1. The van der Waals surface area contributed by atoms with E-state index in [2.05, 4.69) is 17.1 Å². The molecule has 1 saturated heterocycles. The van der Waals surface area contributed by atoms with Crippen LogP contribution in [0.4, 0.5) is 0 Å². The third-order valence-electron chi connectivity index (χ3n) is 4.41. The van der Waals surface area contributed by atoms with Gasteiger partial charge in [0.15, 0.2) is 0 Å². The summed E-state index contributed by atoms with van der Waals surface area (Å²) in [6, 6.07) is 0.682. The van der Waals surface area contributed by atoms with E-state index in [4.69, 9.17) is 5.73 Å². The fourth-order valence-corrected chi connectivity index (χ4v) is 2.67. The molecule has 1 heterocycles. The summed E-state index contributed by atoms with van der Waals surface area (Å²) in [6.45, 7) is 6.48. The summed E-state index contributed by atoms with van der Waals surface area (Å²) < 4.78 is 0. The number of carbonyl (C=O) groups is 1. The van der Waals surface area contributed by atoms with Gasteiger partial charge in [-0.15, -0.1) is 0 Å². The smallest absolute Gasteiger partial charge is 0.237 e. The average molecular weight is 255 g/mol. The van der Waals surface area contributed by atoms with Gasteiger partial charge in [-0.25, -0.2) is 0 Å². The Balaban J connectivity index is 2.37. The molecule has 0 aliphatic carbocycles. The largest absolute Gasteiger partial charge is 0.368 e. The quantitative estimate of drug-likeness (QED) is 0.756. The molecule has 0 saturated carbocycles. The Morgan fingerprint density at radius 3 is 2.78 bits per heavy atom. The Morgan fingerprint density at radius 2 is 2.17 bits per heavy atom. The van der Waals surface area contributed by atoms with Crippen LogP contribution in [-0.4, -0.2) is 42.5 Å². The molecular formula is C14H29N3O. The Morgan fingerprint density at radius 1 is 1.44 bits per heavy atom. The fourth-order valence-electron chi connectivity index (χ4n) is 2.67. The number of amides is 1. The third-order valence-corrected chi connectivity index (χ3v) is 4.41. The number of nitrogens with one attached hydrogen (secondary N) is 1. The molecule has 1 amide bonds. The second-order valence-corrected chi connectivity index (χ2v) is 5.78. The summed E-state index contributed by atoms with van der Waals surface area (Å²) in [7, 11) is 1.80. The Hall–Kier alpha value is -0.610.